The topological polar surface area (TPSA) is 64.4 Å². The van der Waals surface area contributed by atoms with E-state index >= 15 is 0 Å². The van der Waals surface area contributed by atoms with Crippen LogP contribution in [-0.2, 0) is 10.2 Å². The van der Waals surface area contributed by atoms with Gasteiger partial charge in [-0.3, -0.25) is 4.79 Å². The van der Waals surface area contributed by atoms with Gasteiger partial charge in [-0.25, -0.2) is 0 Å². The molecule has 0 saturated carbocycles. The Morgan fingerprint density at radius 1 is 1.30 bits per heavy atom. The monoisotopic (exact) mass is 316 g/mol. The van der Waals surface area contributed by atoms with Crippen molar-refractivity contribution in [2.75, 3.05) is 26.3 Å². The van der Waals surface area contributed by atoms with Crippen molar-refractivity contribution in [3.8, 4) is 0 Å². The number of carbonyl (C=O) groups is 1. The molecule has 2 saturated heterocycles. The van der Waals surface area contributed by atoms with Crippen LogP contribution in [0.25, 0.3) is 0 Å². The van der Waals surface area contributed by atoms with Gasteiger partial charge in [0.15, 0.2) is 0 Å². The number of benzene rings is 1. The Kier molecular flexibility index (Phi) is 5.02. The zero-order valence-corrected chi connectivity index (χ0v) is 14.1. The second-order valence-corrected chi connectivity index (χ2v) is 7.13. The Balaban J connectivity index is 1.95. The molecule has 0 aromatic heterocycles. The highest BCUT2D eigenvalue weighted by atomic mass is 16.5. The van der Waals surface area contributed by atoms with E-state index < -0.39 is 0 Å². The summed E-state index contributed by atoms with van der Waals surface area (Å²) in [6, 6.07) is 6.06. The van der Waals surface area contributed by atoms with E-state index in [9.17, 15) is 4.79 Å². The number of primary amides is 1. The van der Waals surface area contributed by atoms with Gasteiger partial charge in [-0.1, -0.05) is 12.1 Å². The number of piperidine rings is 1. The summed E-state index contributed by atoms with van der Waals surface area (Å²) in [4.78, 5) is 11.7. The van der Waals surface area contributed by atoms with E-state index in [-0.39, 0.29) is 11.3 Å². The summed E-state index contributed by atoms with van der Waals surface area (Å²) in [7, 11) is 0. The van der Waals surface area contributed by atoms with Crippen LogP contribution in [-0.4, -0.2) is 32.2 Å². The largest absolute Gasteiger partial charge is 0.381 e. The van der Waals surface area contributed by atoms with Gasteiger partial charge in [-0.2, -0.15) is 0 Å². The molecule has 0 unspecified atom stereocenters. The van der Waals surface area contributed by atoms with E-state index in [0.29, 0.717) is 5.56 Å². The van der Waals surface area contributed by atoms with Gasteiger partial charge in [0.1, 0.15) is 0 Å². The van der Waals surface area contributed by atoms with Crippen LogP contribution in [0.4, 0.5) is 0 Å². The van der Waals surface area contributed by atoms with Crippen molar-refractivity contribution in [2.45, 2.75) is 44.4 Å². The van der Waals surface area contributed by atoms with Crippen molar-refractivity contribution in [3.05, 3.63) is 34.9 Å². The number of nitrogens with two attached hydrogens (primary N) is 1. The quantitative estimate of drug-likeness (QED) is 0.897. The average molecular weight is 316 g/mol. The fourth-order valence-corrected chi connectivity index (χ4v) is 4.47. The average Bonchev–Trinajstić information content (AvgIpc) is 2.56. The van der Waals surface area contributed by atoms with Crippen LogP contribution in [0, 0.1) is 12.8 Å². The molecule has 2 fully saturated rings. The Hall–Kier alpha value is -1.39. The molecule has 0 radical (unpaired) electrons. The van der Waals surface area contributed by atoms with Crippen molar-refractivity contribution in [1.82, 2.24) is 5.32 Å². The number of rotatable bonds is 4. The van der Waals surface area contributed by atoms with Crippen molar-refractivity contribution < 1.29 is 9.53 Å². The number of nitrogens with one attached hydrogen (secondary N) is 1. The molecule has 0 spiro atoms. The molecule has 3 rings (SSSR count). The van der Waals surface area contributed by atoms with Gasteiger partial charge in [0.05, 0.1) is 0 Å². The first-order chi connectivity index (χ1) is 11.1. The second kappa shape index (κ2) is 7.02. The molecule has 126 valence electrons. The van der Waals surface area contributed by atoms with Crippen molar-refractivity contribution in [3.63, 3.8) is 0 Å². The Labute approximate surface area is 138 Å². The molecule has 1 aromatic carbocycles. The molecular weight excluding hydrogens is 288 g/mol. The van der Waals surface area contributed by atoms with Crippen molar-refractivity contribution in [2.24, 2.45) is 11.7 Å². The lowest BCUT2D eigenvalue weighted by Gasteiger charge is -2.42. The maximum absolute atomic E-state index is 11.7. The third-order valence-corrected chi connectivity index (χ3v) is 5.75. The predicted molar refractivity (Wildman–Crippen MR) is 91.6 cm³/mol. The third kappa shape index (κ3) is 3.43. The first kappa shape index (κ1) is 16.5. The molecule has 0 bridgehead atoms. The van der Waals surface area contributed by atoms with E-state index in [1.165, 1.54) is 12.0 Å². The summed E-state index contributed by atoms with van der Waals surface area (Å²) >= 11 is 0. The van der Waals surface area contributed by atoms with Gasteiger partial charge in [0, 0.05) is 18.8 Å². The molecule has 23 heavy (non-hydrogen) atoms. The first-order valence-corrected chi connectivity index (χ1v) is 8.81. The normalized spacial score (nSPS) is 22.0. The van der Waals surface area contributed by atoms with Gasteiger partial charge in [-0.05, 0) is 80.6 Å². The molecule has 3 N–H and O–H groups in total. The van der Waals surface area contributed by atoms with Crippen LogP contribution in [0.5, 0.6) is 0 Å². The lowest BCUT2D eigenvalue weighted by atomic mass is 9.65. The molecule has 1 aromatic rings. The van der Waals surface area contributed by atoms with E-state index in [0.717, 1.165) is 63.5 Å². The standard InChI is InChI=1S/C19H28N2O2/c1-14-16(18(20)22)3-2-4-17(14)19(7-9-21-10-8-19)13-15-5-11-23-12-6-15/h2-4,15,21H,5-13H2,1H3,(H2,20,22). The van der Waals surface area contributed by atoms with Gasteiger partial charge >= 0.3 is 0 Å². The molecule has 4 nitrogen and oxygen atoms in total. The summed E-state index contributed by atoms with van der Waals surface area (Å²) in [6.07, 6.45) is 5.77. The molecule has 0 atom stereocenters. The van der Waals surface area contributed by atoms with E-state index in [2.05, 4.69) is 18.3 Å². The molecule has 2 heterocycles. The summed E-state index contributed by atoms with van der Waals surface area (Å²) in [5.74, 6) is 0.401. The van der Waals surface area contributed by atoms with Gasteiger partial charge in [0.2, 0.25) is 5.91 Å². The zero-order chi connectivity index (χ0) is 16.3. The first-order valence-electron chi connectivity index (χ1n) is 8.81. The number of hydrogen-bond donors (Lipinski definition) is 2. The fourth-order valence-electron chi connectivity index (χ4n) is 4.47. The summed E-state index contributed by atoms with van der Waals surface area (Å²) < 4.78 is 5.53. The molecular formula is C19H28N2O2. The van der Waals surface area contributed by atoms with Crippen LogP contribution in [0.15, 0.2) is 18.2 Å². The minimum absolute atomic E-state index is 0.169. The van der Waals surface area contributed by atoms with Crippen LogP contribution in [0.3, 0.4) is 0 Å². The van der Waals surface area contributed by atoms with E-state index in [1.54, 1.807) is 0 Å². The molecule has 0 aliphatic carbocycles. The van der Waals surface area contributed by atoms with E-state index in [4.69, 9.17) is 10.5 Å². The Morgan fingerprint density at radius 3 is 2.65 bits per heavy atom. The summed E-state index contributed by atoms with van der Waals surface area (Å²) in [6.45, 7) is 5.93. The van der Waals surface area contributed by atoms with Gasteiger partial charge in [-0.15, -0.1) is 0 Å². The molecule has 1 amide bonds. The van der Waals surface area contributed by atoms with Crippen LogP contribution >= 0.6 is 0 Å². The van der Waals surface area contributed by atoms with Gasteiger partial charge < -0.3 is 15.8 Å². The van der Waals surface area contributed by atoms with Crippen LogP contribution in [0.2, 0.25) is 0 Å². The van der Waals surface area contributed by atoms with Crippen LogP contribution < -0.4 is 11.1 Å². The van der Waals surface area contributed by atoms with Crippen LogP contribution in [0.1, 0.15) is 53.6 Å². The minimum atomic E-state index is -0.320. The Morgan fingerprint density at radius 2 is 2.00 bits per heavy atom. The highest BCUT2D eigenvalue weighted by molar-refractivity contribution is 5.94. The molecule has 4 heteroatoms. The number of hydrogen-bond acceptors (Lipinski definition) is 3. The highest BCUT2D eigenvalue weighted by Gasteiger charge is 2.38. The summed E-state index contributed by atoms with van der Waals surface area (Å²) in [5.41, 5.74) is 8.83. The minimum Gasteiger partial charge on any atom is -0.381 e. The molecule has 2 aliphatic heterocycles. The Bertz CT molecular complexity index is 558. The van der Waals surface area contributed by atoms with Gasteiger partial charge in [0.25, 0.3) is 0 Å². The predicted octanol–water partition coefficient (Wildman–Crippen LogP) is 2.53. The van der Waals surface area contributed by atoms with Crippen molar-refractivity contribution >= 4 is 5.91 Å². The summed E-state index contributed by atoms with van der Waals surface area (Å²) in [5, 5.41) is 3.49. The molecule has 2 aliphatic rings. The SMILES string of the molecule is Cc1c(C(N)=O)cccc1C1(CC2CCOCC2)CCNCC1. The smallest absolute Gasteiger partial charge is 0.248 e. The van der Waals surface area contributed by atoms with Crippen molar-refractivity contribution in [1.29, 1.82) is 0 Å². The maximum atomic E-state index is 11.7. The highest BCUT2D eigenvalue weighted by Crippen LogP contribution is 2.43. The fraction of sp³-hybridized carbons (Fsp3) is 0.632. The number of ether oxygens (including phenoxy) is 1. The third-order valence-electron chi connectivity index (χ3n) is 5.75. The second-order valence-electron chi connectivity index (χ2n) is 7.13. The van der Waals surface area contributed by atoms with E-state index in [1.807, 2.05) is 12.1 Å². The number of amides is 1. The number of carbonyl (C=O) groups excluding carboxylic acids is 1. The lowest BCUT2D eigenvalue weighted by Crippen LogP contribution is -2.42. The zero-order valence-electron chi connectivity index (χ0n) is 14.1. The maximum Gasteiger partial charge on any atom is 0.248 e. The lowest BCUT2D eigenvalue weighted by molar-refractivity contribution is 0.0524.